The van der Waals surface area contributed by atoms with Crippen LogP contribution in [-0.2, 0) is 11.2 Å². The number of rotatable bonds is 6. The largest absolute Gasteiger partial charge is 0.350 e. The maximum absolute atomic E-state index is 11.9. The summed E-state index contributed by atoms with van der Waals surface area (Å²) in [7, 11) is 0. The van der Waals surface area contributed by atoms with Crippen LogP contribution in [0.4, 0.5) is 5.69 Å². The normalized spacial score (nSPS) is 12.0. The first-order valence-electron chi connectivity index (χ1n) is 7.31. The minimum absolute atomic E-state index is 0.0198. The van der Waals surface area contributed by atoms with Gasteiger partial charge < -0.3 is 5.32 Å². The Labute approximate surface area is 134 Å². The van der Waals surface area contributed by atoms with E-state index in [4.69, 9.17) is 0 Å². The van der Waals surface area contributed by atoms with Gasteiger partial charge in [-0.15, -0.1) is 0 Å². The Kier molecular flexibility index (Phi) is 5.63. The lowest BCUT2D eigenvalue weighted by Crippen LogP contribution is -2.32. The average molecular weight is 310 g/mol. The van der Waals surface area contributed by atoms with E-state index < -0.39 is 4.92 Å². The van der Waals surface area contributed by atoms with Gasteiger partial charge in [0.15, 0.2) is 0 Å². The molecular formula is C18H18N2O3. The smallest absolute Gasteiger partial charge is 0.269 e. The first-order valence-corrected chi connectivity index (χ1v) is 7.31. The number of nitrogens with zero attached hydrogens (tertiary/aromatic N) is 1. The third-order valence-electron chi connectivity index (χ3n) is 3.30. The predicted octanol–water partition coefficient (Wildman–Crippen LogP) is 3.36. The molecule has 0 fully saturated rings. The van der Waals surface area contributed by atoms with Crippen molar-refractivity contribution in [3.8, 4) is 0 Å². The molecule has 0 aromatic heterocycles. The van der Waals surface area contributed by atoms with E-state index in [9.17, 15) is 14.9 Å². The second-order valence-electron chi connectivity index (χ2n) is 5.28. The molecule has 5 nitrogen and oxygen atoms in total. The fourth-order valence-electron chi connectivity index (χ4n) is 2.19. The van der Waals surface area contributed by atoms with E-state index in [1.807, 2.05) is 37.3 Å². The number of benzene rings is 2. The van der Waals surface area contributed by atoms with Crippen molar-refractivity contribution in [3.05, 3.63) is 81.9 Å². The molecule has 23 heavy (non-hydrogen) atoms. The molecule has 2 aromatic carbocycles. The lowest BCUT2D eigenvalue weighted by atomic mass is 10.1. The van der Waals surface area contributed by atoms with Gasteiger partial charge in [0.05, 0.1) is 4.92 Å². The number of amides is 1. The van der Waals surface area contributed by atoms with E-state index in [2.05, 4.69) is 5.32 Å². The van der Waals surface area contributed by atoms with Crippen LogP contribution in [0.15, 0.2) is 60.7 Å². The number of carbonyl (C=O) groups excluding carboxylic acids is 1. The van der Waals surface area contributed by atoms with E-state index in [-0.39, 0.29) is 17.6 Å². The minimum Gasteiger partial charge on any atom is -0.350 e. The zero-order valence-corrected chi connectivity index (χ0v) is 12.8. The molecule has 2 rings (SSSR count). The number of nitrogens with one attached hydrogen (secondary N) is 1. The highest BCUT2D eigenvalue weighted by atomic mass is 16.6. The highest BCUT2D eigenvalue weighted by molar-refractivity contribution is 5.91. The Morgan fingerprint density at radius 3 is 2.43 bits per heavy atom. The summed E-state index contributed by atoms with van der Waals surface area (Å²) in [6.07, 6.45) is 3.83. The van der Waals surface area contributed by atoms with Gasteiger partial charge in [-0.2, -0.15) is 0 Å². The second kappa shape index (κ2) is 7.89. The van der Waals surface area contributed by atoms with Crippen LogP contribution in [0.25, 0.3) is 6.08 Å². The molecule has 1 atom stereocenters. The van der Waals surface area contributed by atoms with E-state index in [0.29, 0.717) is 0 Å². The van der Waals surface area contributed by atoms with E-state index in [1.165, 1.54) is 23.8 Å². The first kappa shape index (κ1) is 16.4. The lowest BCUT2D eigenvalue weighted by Gasteiger charge is -2.12. The molecule has 0 bridgehead atoms. The molecule has 0 saturated carbocycles. The third kappa shape index (κ3) is 5.39. The van der Waals surface area contributed by atoms with Crippen molar-refractivity contribution in [2.24, 2.45) is 0 Å². The zero-order valence-electron chi connectivity index (χ0n) is 12.8. The quantitative estimate of drug-likeness (QED) is 0.505. The topological polar surface area (TPSA) is 72.2 Å². The molecule has 0 aliphatic rings. The Hall–Kier alpha value is -2.95. The first-order chi connectivity index (χ1) is 11.0. The molecule has 118 valence electrons. The van der Waals surface area contributed by atoms with Crippen molar-refractivity contribution in [3.63, 3.8) is 0 Å². The molecule has 1 amide bonds. The van der Waals surface area contributed by atoms with Crippen molar-refractivity contribution in [2.75, 3.05) is 0 Å². The minimum atomic E-state index is -0.453. The number of hydrogen-bond acceptors (Lipinski definition) is 3. The van der Waals surface area contributed by atoms with Crippen LogP contribution in [-0.4, -0.2) is 16.9 Å². The van der Waals surface area contributed by atoms with Gasteiger partial charge in [-0.1, -0.05) is 30.3 Å². The van der Waals surface area contributed by atoms with Gasteiger partial charge in [-0.05, 0) is 42.7 Å². The molecule has 0 aliphatic heterocycles. The summed E-state index contributed by atoms with van der Waals surface area (Å²) in [5.41, 5.74) is 1.93. The predicted molar refractivity (Wildman–Crippen MR) is 89.9 cm³/mol. The Bertz CT molecular complexity index is 694. The standard InChI is InChI=1S/C18H18N2O3/c1-14(13-16-5-3-2-4-6-16)19-18(21)12-9-15-7-10-17(11-8-15)20(22)23/h2-12,14H,13H2,1H3,(H,19,21). The highest BCUT2D eigenvalue weighted by Gasteiger charge is 2.06. The molecule has 1 unspecified atom stereocenters. The van der Waals surface area contributed by atoms with Crippen LogP contribution < -0.4 is 5.32 Å². The molecule has 2 aromatic rings. The number of hydrogen-bond donors (Lipinski definition) is 1. The van der Waals surface area contributed by atoms with Crippen molar-refractivity contribution < 1.29 is 9.72 Å². The summed E-state index contributed by atoms with van der Waals surface area (Å²) in [6, 6.07) is 16.0. The summed E-state index contributed by atoms with van der Waals surface area (Å²) in [4.78, 5) is 22.0. The van der Waals surface area contributed by atoms with E-state index >= 15 is 0 Å². The number of non-ortho nitro benzene ring substituents is 1. The van der Waals surface area contributed by atoms with E-state index in [0.717, 1.165) is 12.0 Å². The van der Waals surface area contributed by atoms with Crippen LogP contribution in [0.1, 0.15) is 18.1 Å². The van der Waals surface area contributed by atoms with Gasteiger partial charge in [0, 0.05) is 24.3 Å². The van der Waals surface area contributed by atoms with Crippen LogP contribution in [0, 0.1) is 10.1 Å². The monoisotopic (exact) mass is 310 g/mol. The maximum atomic E-state index is 11.9. The molecule has 0 heterocycles. The van der Waals surface area contributed by atoms with Gasteiger partial charge >= 0.3 is 0 Å². The highest BCUT2D eigenvalue weighted by Crippen LogP contribution is 2.12. The number of carbonyl (C=O) groups is 1. The van der Waals surface area contributed by atoms with Gasteiger partial charge in [0.25, 0.3) is 5.69 Å². The summed E-state index contributed by atoms with van der Waals surface area (Å²) < 4.78 is 0. The third-order valence-corrected chi connectivity index (χ3v) is 3.30. The van der Waals surface area contributed by atoms with Gasteiger partial charge in [0.1, 0.15) is 0 Å². The maximum Gasteiger partial charge on any atom is 0.269 e. The van der Waals surface area contributed by atoms with Crippen LogP contribution in [0.5, 0.6) is 0 Å². The molecule has 0 radical (unpaired) electrons. The fourth-order valence-corrected chi connectivity index (χ4v) is 2.19. The molecule has 0 saturated heterocycles. The molecular weight excluding hydrogens is 292 g/mol. The van der Waals surface area contributed by atoms with Gasteiger partial charge in [0.2, 0.25) is 5.91 Å². The molecule has 5 heteroatoms. The van der Waals surface area contributed by atoms with Gasteiger partial charge in [-0.3, -0.25) is 14.9 Å². The fraction of sp³-hybridized carbons (Fsp3) is 0.167. The van der Waals surface area contributed by atoms with Crippen LogP contribution in [0.3, 0.4) is 0 Å². The zero-order chi connectivity index (χ0) is 16.7. The molecule has 0 aliphatic carbocycles. The van der Waals surface area contributed by atoms with Gasteiger partial charge in [-0.25, -0.2) is 0 Å². The van der Waals surface area contributed by atoms with Crippen molar-refractivity contribution in [1.29, 1.82) is 0 Å². The molecule has 1 N–H and O–H groups in total. The van der Waals surface area contributed by atoms with Crippen LogP contribution in [0.2, 0.25) is 0 Å². The lowest BCUT2D eigenvalue weighted by molar-refractivity contribution is -0.384. The summed E-state index contributed by atoms with van der Waals surface area (Å²) in [5.74, 6) is -0.188. The van der Waals surface area contributed by atoms with Crippen molar-refractivity contribution >= 4 is 17.7 Å². The second-order valence-corrected chi connectivity index (χ2v) is 5.28. The summed E-state index contributed by atoms with van der Waals surface area (Å²) >= 11 is 0. The summed E-state index contributed by atoms with van der Waals surface area (Å²) in [5, 5.41) is 13.5. The Morgan fingerprint density at radius 1 is 1.17 bits per heavy atom. The Morgan fingerprint density at radius 2 is 1.83 bits per heavy atom. The Balaban J connectivity index is 1.87. The van der Waals surface area contributed by atoms with Crippen molar-refractivity contribution in [2.45, 2.75) is 19.4 Å². The van der Waals surface area contributed by atoms with Crippen LogP contribution >= 0.6 is 0 Å². The number of nitro benzene ring substituents is 1. The SMILES string of the molecule is CC(Cc1ccccc1)NC(=O)C=Cc1ccc([N+](=O)[O-])cc1. The van der Waals surface area contributed by atoms with Crippen molar-refractivity contribution in [1.82, 2.24) is 5.32 Å². The molecule has 0 spiro atoms. The average Bonchev–Trinajstić information content (AvgIpc) is 2.54. The summed E-state index contributed by atoms with van der Waals surface area (Å²) in [6.45, 7) is 1.95. The van der Waals surface area contributed by atoms with E-state index in [1.54, 1.807) is 18.2 Å². The number of nitro groups is 1.